The zero-order valence-corrected chi connectivity index (χ0v) is 15.8. The highest BCUT2D eigenvalue weighted by Gasteiger charge is 2.31. The number of nitrogens with zero attached hydrogens (tertiary/aromatic N) is 2. The lowest BCUT2D eigenvalue weighted by molar-refractivity contribution is -0.140. The summed E-state index contributed by atoms with van der Waals surface area (Å²) in [4.78, 5) is 26.8. The Morgan fingerprint density at radius 3 is 2.74 bits per heavy atom. The Labute approximate surface area is 159 Å². The van der Waals surface area contributed by atoms with E-state index in [0.717, 1.165) is 25.0 Å². The number of piperidine rings is 1. The average molecular weight is 370 g/mol. The zero-order chi connectivity index (χ0) is 19.2. The number of anilines is 1. The number of ether oxygens (including phenoxy) is 1. The van der Waals surface area contributed by atoms with Crippen molar-refractivity contribution in [2.45, 2.75) is 52.0 Å². The number of aromatic nitrogens is 2. The van der Waals surface area contributed by atoms with Crippen LogP contribution < -0.4 is 10.1 Å². The van der Waals surface area contributed by atoms with E-state index in [1.54, 1.807) is 35.2 Å². The molecule has 7 nitrogen and oxygen atoms in total. The molecule has 1 unspecified atom stereocenters. The van der Waals surface area contributed by atoms with Gasteiger partial charge in [0.25, 0.3) is 0 Å². The zero-order valence-electron chi connectivity index (χ0n) is 15.8. The number of aryl methyl sites for hydroxylation is 1. The Morgan fingerprint density at radius 2 is 2.07 bits per heavy atom. The minimum Gasteiger partial charge on any atom is -0.438 e. The number of carbonyl (C=O) groups excluding carboxylic acids is 2. The van der Waals surface area contributed by atoms with Gasteiger partial charge in [-0.15, -0.1) is 5.10 Å². The van der Waals surface area contributed by atoms with E-state index in [1.165, 1.54) is 0 Å². The van der Waals surface area contributed by atoms with Gasteiger partial charge in [0, 0.05) is 30.4 Å². The molecule has 0 radical (unpaired) electrons. The highest BCUT2D eigenvalue weighted by molar-refractivity contribution is 5.97. The van der Waals surface area contributed by atoms with Crippen LogP contribution in [-0.4, -0.2) is 39.5 Å². The lowest BCUT2D eigenvalue weighted by Gasteiger charge is -2.34. The first-order valence-corrected chi connectivity index (χ1v) is 9.47. The van der Waals surface area contributed by atoms with Crippen LogP contribution in [0.3, 0.4) is 0 Å². The fourth-order valence-corrected chi connectivity index (χ4v) is 3.26. The second-order valence-electron chi connectivity index (χ2n) is 6.85. The third-order valence-electron chi connectivity index (χ3n) is 4.62. The number of aromatic amines is 1. The summed E-state index contributed by atoms with van der Waals surface area (Å²) in [6.07, 6.45) is 3.91. The molecule has 1 aromatic carbocycles. The van der Waals surface area contributed by atoms with Crippen molar-refractivity contribution in [3.63, 3.8) is 0 Å². The van der Waals surface area contributed by atoms with Gasteiger partial charge in [0.2, 0.25) is 17.7 Å². The number of hydrogen-bond donors (Lipinski definition) is 2. The number of carbonyl (C=O) groups is 2. The van der Waals surface area contributed by atoms with E-state index in [-0.39, 0.29) is 17.9 Å². The molecule has 1 atom stereocenters. The lowest BCUT2D eigenvalue weighted by atomic mass is 10.0. The van der Waals surface area contributed by atoms with Gasteiger partial charge in [-0.3, -0.25) is 14.7 Å². The maximum Gasteiger partial charge on any atom is 0.247 e. The van der Waals surface area contributed by atoms with Crippen molar-refractivity contribution in [1.82, 2.24) is 15.1 Å². The number of nitrogens with one attached hydrogen (secondary N) is 2. The summed E-state index contributed by atoms with van der Waals surface area (Å²) in [5, 5.41) is 9.77. The first kappa shape index (κ1) is 18.9. The van der Waals surface area contributed by atoms with Crippen LogP contribution >= 0.6 is 0 Å². The summed E-state index contributed by atoms with van der Waals surface area (Å²) >= 11 is 0. The van der Waals surface area contributed by atoms with Crippen molar-refractivity contribution in [1.29, 1.82) is 0 Å². The topological polar surface area (TPSA) is 87.3 Å². The van der Waals surface area contributed by atoms with E-state index in [4.69, 9.17) is 4.74 Å². The molecular formula is C20H26N4O3. The predicted molar refractivity (Wildman–Crippen MR) is 103 cm³/mol. The van der Waals surface area contributed by atoms with Gasteiger partial charge >= 0.3 is 0 Å². The van der Waals surface area contributed by atoms with E-state index in [9.17, 15) is 9.59 Å². The second kappa shape index (κ2) is 8.70. The van der Waals surface area contributed by atoms with Gasteiger partial charge in [-0.1, -0.05) is 6.92 Å². The summed E-state index contributed by atoms with van der Waals surface area (Å²) in [6, 6.07) is 8.55. The Balaban J connectivity index is 1.61. The molecular weight excluding hydrogens is 344 g/mol. The van der Waals surface area contributed by atoms with E-state index in [0.29, 0.717) is 36.7 Å². The maximum atomic E-state index is 12.7. The van der Waals surface area contributed by atoms with Crippen LogP contribution in [-0.2, 0) is 9.59 Å². The van der Waals surface area contributed by atoms with Crippen LogP contribution in [0, 0.1) is 6.92 Å². The van der Waals surface area contributed by atoms with Gasteiger partial charge in [-0.05, 0) is 56.9 Å². The van der Waals surface area contributed by atoms with Crippen molar-refractivity contribution in [3.8, 4) is 11.6 Å². The number of H-pyrrole nitrogens is 1. The molecule has 0 aliphatic carbocycles. The molecule has 1 aliphatic rings. The third kappa shape index (κ3) is 4.87. The summed E-state index contributed by atoms with van der Waals surface area (Å²) in [5.41, 5.74) is 1.60. The normalized spacial score (nSPS) is 16.8. The fourth-order valence-electron chi connectivity index (χ4n) is 3.26. The Kier molecular flexibility index (Phi) is 6.11. The molecule has 0 bridgehead atoms. The van der Waals surface area contributed by atoms with E-state index >= 15 is 0 Å². The van der Waals surface area contributed by atoms with Crippen LogP contribution in [0.25, 0.3) is 0 Å². The standard InChI is InChI=1S/C20H26N4O3/c1-3-6-19(25)24-12-5-4-7-17(24)20(26)21-15-8-10-16(11-9-15)27-18-13-14(2)22-23-18/h8-11,13,17H,3-7,12H2,1-2H3,(H,21,26)(H,22,23). The molecule has 1 saturated heterocycles. The highest BCUT2D eigenvalue weighted by Crippen LogP contribution is 2.23. The van der Waals surface area contributed by atoms with Crippen molar-refractivity contribution in [2.24, 2.45) is 0 Å². The average Bonchev–Trinajstić information content (AvgIpc) is 3.08. The monoisotopic (exact) mass is 370 g/mol. The van der Waals surface area contributed by atoms with Gasteiger partial charge in [0.15, 0.2) is 0 Å². The summed E-state index contributed by atoms with van der Waals surface area (Å²) in [7, 11) is 0. The van der Waals surface area contributed by atoms with E-state index in [2.05, 4.69) is 15.5 Å². The lowest BCUT2D eigenvalue weighted by Crippen LogP contribution is -2.49. The molecule has 1 aromatic heterocycles. The molecule has 0 spiro atoms. The molecule has 1 aliphatic heterocycles. The Bertz CT molecular complexity index is 785. The summed E-state index contributed by atoms with van der Waals surface area (Å²) in [6.45, 7) is 4.54. The number of likely N-dealkylation sites (tertiary alicyclic amines) is 1. The molecule has 2 heterocycles. The first-order chi connectivity index (χ1) is 13.1. The molecule has 144 valence electrons. The van der Waals surface area contributed by atoms with Crippen molar-refractivity contribution >= 4 is 17.5 Å². The van der Waals surface area contributed by atoms with Crippen LogP contribution in [0.5, 0.6) is 11.6 Å². The Morgan fingerprint density at radius 1 is 1.30 bits per heavy atom. The predicted octanol–water partition coefficient (Wildman–Crippen LogP) is 3.63. The van der Waals surface area contributed by atoms with Gasteiger partial charge in [0.05, 0.1) is 0 Å². The van der Waals surface area contributed by atoms with Crippen LogP contribution in [0.2, 0.25) is 0 Å². The maximum absolute atomic E-state index is 12.7. The quantitative estimate of drug-likeness (QED) is 0.813. The van der Waals surface area contributed by atoms with Crippen LogP contribution in [0.1, 0.15) is 44.7 Å². The van der Waals surface area contributed by atoms with Gasteiger partial charge in [-0.25, -0.2) is 0 Å². The Hall–Kier alpha value is -2.83. The third-order valence-corrected chi connectivity index (χ3v) is 4.62. The smallest absolute Gasteiger partial charge is 0.247 e. The summed E-state index contributed by atoms with van der Waals surface area (Å²) < 4.78 is 5.64. The van der Waals surface area contributed by atoms with Gasteiger partial charge in [0.1, 0.15) is 11.8 Å². The molecule has 7 heteroatoms. The van der Waals surface area contributed by atoms with Crippen molar-refractivity contribution in [2.75, 3.05) is 11.9 Å². The first-order valence-electron chi connectivity index (χ1n) is 9.47. The van der Waals surface area contributed by atoms with Crippen LogP contribution in [0.4, 0.5) is 5.69 Å². The van der Waals surface area contributed by atoms with E-state index in [1.807, 2.05) is 13.8 Å². The summed E-state index contributed by atoms with van der Waals surface area (Å²) in [5.74, 6) is 1.07. The largest absolute Gasteiger partial charge is 0.438 e. The number of benzene rings is 1. The molecule has 1 fully saturated rings. The molecule has 2 aromatic rings. The molecule has 2 amide bonds. The van der Waals surface area contributed by atoms with Gasteiger partial charge in [-0.2, -0.15) is 0 Å². The van der Waals surface area contributed by atoms with Crippen molar-refractivity contribution in [3.05, 3.63) is 36.0 Å². The van der Waals surface area contributed by atoms with Crippen molar-refractivity contribution < 1.29 is 14.3 Å². The fraction of sp³-hybridized carbons (Fsp3) is 0.450. The molecule has 0 saturated carbocycles. The number of rotatable bonds is 6. The minimum atomic E-state index is -0.388. The van der Waals surface area contributed by atoms with Crippen LogP contribution in [0.15, 0.2) is 30.3 Å². The number of amides is 2. The molecule has 27 heavy (non-hydrogen) atoms. The van der Waals surface area contributed by atoms with Gasteiger partial charge < -0.3 is 15.0 Å². The second-order valence-corrected chi connectivity index (χ2v) is 6.85. The van der Waals surface area contributed by atoms with E-state index < -0.39 is 0 Å². The minimum absolute atomic E-state index is 0.0652. The SMILES string of the molecule is CCCC(=O)N1CCCCC1C(=O)Nc1ccc(Oc2cc(C)[nH]n2)cc1. The molecule has 3 rings (SSSR count). The highest BCUT2D eigenvalue weighted by atomic mass is 16.5. The number of hydrogen-bond acceptors (Lipinski definition) is 4. The molecule has 2 N–H and O–H groups in total.